The van der Waals surface area contributed by atoms with E-state index in [0.29, 0.717) is 36.2 Å². The van der Waals surface area contributed by atoms with Crippen LogP contribution in [-0.4, -0.2) is 71.6 Å². The zero-order valence-corrected chi connectivity index (χ0v) is 23.0. The average molecular weight is 551 g/mol. The summed E-state index contributed by atoms with van der Waals surface area (Å²) in [6.45, 7) is 1.16. The lowest BCUT2D eigenvalue weighted by Gasteiger charge is -2.32. The molecule has 4 rings (SSSR count). The van der Waals surface area contributed by atoms with Crippen molar-refractivity contribution in [1.82, 2.24) is 24.8 Å². The molecular formula is C28H31ClN6O4. The summed E-state index contributed by atoms with van der Waals surface area (Å²) < 4.78 is 6.98. The number of halogens is 1. The highest BCUT2D eigenvalue weighted by Crippen LogP contribution is 2.26. The second-order valence-electron chi connectivity index (χ2n) is 9.67. The Labute approximate surface area is 231 Å². The van der Waals surface area contributed by atoms with Gasteiger partial charge in [-0.3, -0.25) is 14.4 Å². The van der Waals surface area contributed by atoms with E-state index in [1.165, 1.54) is 4.57 Å². The number of fused-ring (bicyclic) bond motifs is 1. The third-order valence-electron chi connectivity index (χ3n) is 6.75. The van der Waals surface area contributed by atoms with E-state index in [0.717, 1.165) is 29.3 Å². The van der Waals surface area contributed by atoms with Crippen LogP contribution in [0.5, 0.6) is 5.75 Å². The van der Waals surface area contributed by atoms with Crippen LogP contribution in [0.3, 0.4) is 0 Å². The smallest absolute Gasteiger partial charge is 0.293 e. The molecule has 0 spiro atoms. The molecule has 0 radical (unpaired) electrons. The van der Waals surface area contributed by atoms with E-state index in [1.54, 1.807) is 38.3 Å². The highest BCUT2D eigenvalue weighted by molar-refractivity contribution is 6.31. The van der Waals surface area contributed by atoms with Gasteiger partial charge in [0.05, 0.1) is 29.0 Å². The van der Waals surface area contributed by atoms with Crippen molar-refractivity contribution in [2.24, 2.45) is 13.0 Å². The van der Waals surface area contributed by atoms with Gasteiger partial charge in [0, 0.05) is 52.0 Å². The number of carbonyl (C=O) groups excluding carboxylic acids is 2. The van der Waals surface area contributed by atoms with Gasteiger partial charge in [-0.25, -0.2) is 9.97 Å². The molecule has 1 aliphatic heterocycles. The van der Waals surface area contributed by atoms with Crippen molar-refractivity contribution < 1.29 is 14.3 Å². The number of ether oxygens (including phenoxy) is 1. The fraction of sp³-hybridized carbons (Fsp3) is 0.393. The van der Waals surface area contributed by atoms with Gasteiger partial charge in [0.1, 0.15) is 0 Å². The number of aromatic nitrogens is 3. The van der Waals surface area contributed by atoms with Gasteiger partial charge < -0.3 is 24.4 Å². The Kier molecular flexibility index (Phi) is 8.72. The Morgan fingerprint density at radius 1 is 1.26 bits per heavy atom. The Hall–Kier alpha value is -4.10. The molecule has 0 aliphatic carbocycles. The van der Waals surface area contributed by atoms with Gasteiger partial charge in [-0.15, -0.1) is 6.42 Å². The molecule has 11 heteroatoms. The van der Waals surface area contributed by atoms with Crippen molar-refractivity contribution in [3.8, 4) is 18.1 Å². The number of aryl methyl sites for hydroxylation is 1. The molecule has 0 saturated carbocycles. The van der Waals surface area contributed by atoms with Gasteiger partial charge >= 0.3 is 0 Å². The number of anilines is 1. The summed E-state index contributed by atoms with van der Waals surface area (Å²) in [6.07, 6.45) is 8.71. The molecule has 39 heavy (non-hydrogen) atoms. The van der Waals surface area contributed by atoms with Gasteiger partial charge in [0.15, 0.2) is 12.4 Å². The Bertz CT molecular complexity index is 1490. The quantitative estimate of drug-likeness (QED) is 0.427. The maximum Gasteiger partial charge on any atom is 0.293 e. The molecule has 3 heterocycles. The molecule has 0 unspecified atom stereocenters. The SMILES string of the molecule is C#CCNC(=O)COc1cc2cc(Cc3nc(N4CCC(C(=O)N(C)C)CC4)ncc3Cl)ccc2n(C)c1=O. The molecular weight excluding hydrogens is 520 g/mol. The number of nitrogens with zero attached hydrogens (tertiary/aromatic N) is 5. The average Bonchev–Trinajstić information content (AvgIpc) is 2.93. The van der Waals surface area contributed by atoms with Crippen LogP contribution in [0.1, 0.15) is 24.1 Å². The Morgan fingerprint density at radius 2 is 2.00 bits per heavy atom. The summed E-state index contributed by atoms with van der Waals surface area (Å²) in [5, 5.41) is 3.73. The number of terminal acetylenes is 1. The first-order valence-electron chi connectivity index (χ1n) is 12.6. The van der Waals surface area contributed by atoms with Crippen molar-refractivity contribution >= 4 is 40.3 Å². The predicted molar refractivity (Wildman–Crippen MR) is 150 cm³/mol. The number of carbonyl (C=O) groups is 2. The van der Waals surface area contributed by atoms with Crippen LogP contribution in [0, 0.1) is 18.3 Å². The van der Waals surface area contributed by atoms with Crippen LogP contribution < -0.4 is 20.5 Å². The van der Waals surface area contributed by atoms with E-state index in [9.17, 15) is 14.4 Å². The highest BCUT2D eigenvalue weighted by atomic mass is 35.5. The summed E-state index contributed by atoms with van der Waals surface area (Å²) in [7, 11) is 5.22. The number of hydrogen-bond donors (Lipinski definition) is 1. The van der Waals surface area contributed by atoms with E-state index in [4.69, 9.17) is 27.7 Å². The minimum atomic E-state index is -0.411. The number of piperidine rings is 1. The van der Waals surface area contributed by atoms with E-state index in [1.807, 2.05) is 18.2 Å². The highest BCUT2D eigenvalue weighted by Gasteiger charge is 2.27. The normalized spacial score (nSPS) is 13.7. The Morgan fingerprint density at radius 3 is 2.69 bits per heavy atom. The van der Waals surface area contributed by atoms with Crippen molar-refractivity contribution in [2.45, 2.75) is 19.3 Å². The first kappa shape index (κ1) is 27.9. The van der Waals surface area contributed by atoms with Crippen LogP contribution in [0.2, 0.25) is 5.02 Å². The lowest BCUT2D eigenvalue weighted by molar-refractivity contribution is -0.133. The van der Waals surface area contributed by atoms with E-state index >= 15 is 0 Å². The van der Waals surface area contributed by atoms with Crippen LogP contribution in [-0.2, 0) is 23.1 Å². The Balaban J connectivity index is 1.52. The summed E-state index contributed by atoms with van der Waals surface area (Å²) in [4.78, 5) is 49.8. The molecule has 3 aromatic rings. The van der Waals surface area contributed by atoms with E-state index in [-0.39, 0.29) is 36.3 Å². The number of amides is 2. The second-order valence-corrected chi connectivity index (χ2v) is 10.1. The van der Waals surface area contributed by atoms with Gasteiger partial charge in [-0.05, 0) is 36.6 Å². The van der Waals surface area contributed by atoms with Crippen molar-refractivity contribution in [2.75, 3.05) is 45.2 Å². The summed E-state index contributed by atoms with van der Waals surface area (Å²) in [5.41, 5.74) is 1.98. The van der Waals surface area contributed by atoms with E-state index < -0.39 is 5.91 Å². The molecule has 1 aliphatic rings. The van der Waals surface area contributed by atoms with Crippen molar-refractivity contribution in [3.05, 3.63) is 57.1 Å². The summed E-state index contributed by atoms with van der Waals surface area (Å²) >= 11 is 6.47. The molecule has 1 saturated heterocycles. The van der Waals surface area contributed by atoms with Crippen LogP contribution in [0.25, 0.3) is 10.9 Å². The molecule has 10 nitrogen and oxygen atoms in total. The lowest BCUT2D eigenvalue weighted by atomic mass is 9.96. The molecule has 1 fully saturated rings. The predicted octanol–water partition coefficient (Wildman–Crippen LogP) is 2.01. The summed E-state index contributed by atoms with van der Waals surface area (Å²) in [6, 6.07) is 7.35. The maximum atomic E-state index is 12.7. The maximum absolute atomic E-state index is 12.7. The van der Waals surface area contributed by atoms with Gasteiger partial charge in [0.25, 0.3) is 11.5 Å². The van der Waals surface area contributed by atoms with Gasteiger partial charge in [-0.2, -0.15) is 0 Å². The molecule has 0 bridgehead atoms. The second kappa shape index (κ2) is 12.2. The van der Waals surface area contributed by atoms with Gasteiger partial charge in [0.2, 0.25) is 11.9 Å². The van der Waals surface area contributed by atoms with E-state index in [2.05, 4.69) is 21.1 Å². The van der Waals surface area contributed by atoms with Gasteiger partial charge in [-0.1, -0.05) is 23.6 Å². The first-order chi connectivity index (χ1) is 18.7. The zero-order chi connectivity index (χ0) is 28.1. The number of benzene rings is 1. The van der Waals surface area contributed by atoms with Crippen molar-refractivity contribution in [1.29, 1.82) is 0 Å². The van der Waals surface area contributed by atoms with Crippen molar-refractivity contribution in [3.63, 3.8) is 0 Å². The molecule has 2 amide bonds. The third-order valence-corrected chi connectivity index (χ3v) is 7.06. The molecule has 0 atom stereocenters. The topological polar surface area (TPSA) is 110 Å². The minimum Gasteiger partial charge on any atom is -0.478 e. The number of rotatable bonds is 8. The number of pyridine rings is 1. The van der Waals surface area contributed by atoms with Crippen LogP contribution in [0.15, 0.2) is 35.3 Å². The van der Waals surface area contributed by atoms with Crippen LogP contribution in [0.4, 0.5) is 5.95 Å². The number of nitrogens with one attached hydrogen (secondary N) is 1. The van der Waals surface area contributed by atoms with Crippen LogP contribution >= 0.6 is 11.6 Å². The molecule has 1 N–H and O–H groups in total. The molecule has 2 aromatic heterocycles. The lowest BCUT2D eigenvalue weighted by Crippen LogP contribution is -2.40. The monoisotopic (exact) mass is 550 g/mol. The zero-order valence-electron chi connectivity index (χ0n) is 22.2. The number of hydrogen-bond acceptors (Lipinski definition) is 7. The summed E-state index contributed by atoms with van der Waals surface area (Å²) in [5.74, 6) is 2.73. The largest absolute Gasteiger partial charge is 0.478 e. The first-order valence-corrected chi connectivity index (χ1v) is 13.0. The minimum absolute atomic E-state index is 0.0165. The fourth-order valence-electron chi connectivity index (χ4n) is 4.61. The standard InChI is InChI=1S/C28H31ClN6O4/c1-5-10-30-25(36)17-39-24-15-20-13-18(6-7-23(20)34(4)27(24)38)14-22-21(29)16-31-28(32-22)35-11-8-19(9-12-35)26(37)33(2)3/h1,6-7,13,15-16,19H,8-12,14,17H2,2-4H3,(H,30,36). The fourth-order valence-corrected chi connectivity index (χ4v) is 4.77. The third kappa shape index (κ3) is 6.49. The molecule has 1 aromatic carbocycles. The molecule has 204 valence electrons.